The third-order valence-corrected chi connectivity index (χ3v) is 6.02. The van der Waals surface area contributed by atoms with Crippen LogP contribution >= 0.6 is 0 Å². The van der Waals surface area contributed by atoms with Gasteiger partial charge in [0.2, 0.25) is 0 Å². The lowest BCUT2D eigenvalue weighted by Crippen LogP contribution is -2.45. The topological polar surface area (TPSA) is 65.8 Å². The van der Waals surface area contributed by atoms with Gasteiger partial charge < -0.3 is 15.1 Å². The maximum atomic E-state index is 12.6. The Labute approximate surface area is 167 Å². The molecule has 152 valence electrons. The van der Waals surface area contributed by atoms with E-state index in [2.05, 4.69) is 38.7 Å². The number of rotatable bonds is 5. The zero-order valence-electron chi connectivity index (χ0n) is 17.0. The largest absolute Gasteiger partial charge is 0.338 e. The number of pyridine rings is 1. The van der Waals surface area contributed by atoms with Gasteiger partial charge in [-0.15, -0.1) is 10.2 Å². The first-order chi connectivity index (χ1) is 13.6. The molecule has 4 rings (SSSR count). The smallest absolute Gasteiger partial charge is 0.317 e. The summed E-state index contributed by atoms with van der Waals surface area (Å²) < 4.78 is 2.07. The highest BCUT2D eigenvalue weighted by Gasteiger charge is 2.28. The molecule has 4 heterocycles. The Kier molecular flexibility index (Phi) is 5.80. The Morgan fingerprint density at radius 1 is 1.18 bits per heavy atom. The Balaban J connectivity index is 1.23. The molecule has 0 aliphatic carbocycles. The van der Waals surface area contributed by atoms with Crippen molar-refractivity contribution in [3.05, 3.63) is 30.2 Å². The molecule has 7 heteroatoms. The predicted molar refractivity (Wildman–Crippen MR) is 109 cm³/mol. The van der Waals surface area contributed by atoms with Crippen molar-refractivity contribution in [1.29, 1.82) is 0 Å². The molecule has 1 unspecified atom stereocenters. The number of amides is 2. The van der Waals surface area contributed by atoms with Crippen LogP contribution in [0.4, 0.5) is 4.79 Å². The minimum atomic E-state index is 0.0897. The van der Waals surface area contributed by atoms with E-state index in [1.165, 1.54) is 6.42 Å². The van der Waals surface area contributed by atoms with E-state index < -0.39 is 0 Å². The Hall–Kier alpha value is -2.15. The van der Waals surface area contributed by atoms with Crippen molar-refractivity contribution in [3.8, 4) is 0 Å². The molecule has 0 aromatic carbocycles. The van der Waals surface area contributed by atoms with Gasteiger partial charge in [-0.2, -0.15) is 0 Å². The summed E-state index contributed by atoms with van der Waals surface area (Å²) in [4.78, 5) is 17.1. The summed E-state index contributed by atoms with van der Waals surface area (Å²) in [6, 6.07) is 6.05. The molecule has 0 bridgehead atoms. The molecule has 0 radical (unpaired) electrons. The fourth-order valence-corrected chi connectivity index (χ4v) is 4.58. The molecule has 2 aromatic heterocycles. The van der Waals surface area contributed by atoms with Crippen LogP contribution in [0.1, 0.15) is 44.9 Å². The third kappa shape index (κ3) is 4.29. The zero-order valence-corrected chi connectivity index (χ0v) is 17.0. The highest BCUT2D eigenvalue weighted by molar-refractivity contribution is 5.74. The molecule has 1 atom stereocenters. The molecule has 2 aromatic rings. The monoisotopic (exact) mass is 384 g/mol. The normalized spacial score (nSPS) is 21.7. The number of urea groups is 1. The van der Waals surface area contributed by atoms with Crippen LogP contribution in [0.5, 0.6) is 0 Å². The summed E-state index contributed by atoms with van der Waals surface area (Å²) in [6.45, 7) is 10.3. The van der Waals surface area contributed by atoms with Crippen LogP contribution in [0.3, 0.4) is 0 Å². The standard InChI is InChI=1S/C21H32N6O/c1-16(2)14-25-10-6-17(15-25)13-22-21(28)26-11-7-18(8-12-26)20-24-23-19-5-3-4-9-27(19)20/h3-5,9,16-18H,6-8,10-15H2,1-2H3,(H,22,28). The maximum Gasteiger partial charge on any atom is 0.317 e. The van der Waals surface area contributed by atoms with Gasteiger partial charge in [0.15, 0.2) is 5.65 Å². The van der Waals surface area contributed by atoms with Gasteiger partial charge >= 0.3 is 6.03 Å². The zero-order chi connectivity index (χ0) is 19.5. The number of nitrogens with zero attached hydrogens (tertiary/aromatic N) is 5. The average molecular weight is 385 g/mol. The molecule has 2 aliphatic rings. The second-order valence-electron chi connectivity index (χ2n) is 8.74. The molecule has 0 spiro atoms. The number of piperidine rings is 1. The van der Waals surface area contributed by atoms with Crippen molar-refractivity contribution >= 4 is 11.7 Å². The van der Waals surface area contributed by atoms with Gasteiger partial charge in [0.05, 0.1) is 0 Å². The van der Waals surface area contributed by atoms with Gasteiger partial charge in [0.1, 0.15) is 5.82 Å². The number of likely N-dealkylation sites (tertiary alicyclic amines) is 2. The Bertz CT molecular complexity index is 795. The number of nitrogens with one attached hydrogen (secondary N) is 1. The third-order valence-electron chi connectivity index (χ3n) is 6.02. The van der Waals surface area contributed by atoms with E-state index in [0.29, 0.717) is 17.8 Å². The van der Waals surface area contributed by atoms with E-state index >= 15 is 0 Å². The number of hydrogen-bond donors (Lipinski definition) is 1. The summed E-state index contributed by atoms with van der Waals surface area (Å²) in [5.41, 5.74) is 0.890. The lowest BCUT2D eigenvalue weighted by Gasteiger charge is -2.31. The van der Waals surface area contributed by atoms with Crippen LogP contribution in [0.2, 0.25) is 0 Å². The molecule has 1 N–H and O–H groups in total. The molecule has 2 amide bonds. The van der Waals surface area contributed by atoms with Gasteiger partial charge in [-0.3, -0.25) is 4.40 Å². The second kappa shape index (κ2) is 8.47. The van der Waals surface area contributed by atoms with E-state index in [1.807, 2.05) is 29.3 Å². The average Bonchev–Trinajstić information content (AvgIpc) is 3.32. The van der Waals surface area contributed by atoms with Gasteiger partial charge in [0, 0.05) is 44.8 Å². The SMILES string of the molecule is CC(C)CN1CCC(CNC(=O)N2CCC(c3nnc4ccccn34)CC2)C1. The van der Waals surface area contributed by atoms with Crippen molar-refractivity contribution in [2.45, 2.75) is 39.0 Å². The number of carbonyl (C=O) groups is 1. The lowest BCUT2D eigenvalue weighted by atomic mass is 9.96. The molecule has 2 fully saturated rings. The first-order valence-electron chi connectivity index (χ1n) is 10.6. The van der Waals surface area contributed by atoms with E-state index in [0.717, 1.165) is 63.6 Å². The van der Waals surface area contributed by atoms with Crippen LogP contribution < -0.4 is 5.32 Å². The quantitative estimate of drug-likeness (QED) is 0.861. The van der Waals surface area contributed by atoms with Crippen LogP contribution in [0.15, 0.2) is 24.4 Å². The van der Waals surface area contributed by atoms with Gasteiger partial charge in [-0.25, -0.2) is 4.79 Å². The van der Waals surface area contributed by atoms with Gasteiger partial charge in [-0.05, 0) is 49.8 Å². The fraction of sp³-hybridized carbons (Fsp3) is 0.667. The number of carbonyl (C=O) groups excluding carboxylic acids is 1. The Morgan fingerprint density at radius 3 is 2.79 bits per heavy atom. The van der Waals surface area contributed by atoms with Crippen LogP contribution in [-0.4, -0.2) is 69.7 Å². The summed E-state index contributed by atoms with van der Waals surface area (Å²) in [6.07, 6.45) is 5.09. The first kappa shape index (κ1) is 19.2. The lowest BCUT2D eigenvalue weighted by molar-refractivity contribution is 0.178. The first-order valence-corrected chi connectivity index (χ1v) is 10.6. The molecule has 2 saturated heterocycles. The molecular formula is C21H32N6O. The minimum absolute atomic E-state index is 0.0897. The second-order valence-corrected chi connectivity index (χ2v) is 8.74. The van der Waals surface area contributed by atoms with Crippen molar-refractivity contribution in [2.75, 3.05) is 39.3 Å². The number of hydrogen-bond acceptors (Lipinski definition) is 4. The molecule has 28 heavy (non-hydrogen) atoms. The van der Waals surface area contributed by atoms with Crippen molar-refractivity contribution in [2.24, 2.45) is 11.8 Å². The maximum absolute atomic E-state index is 12.6. The highest BCUT2D eigenvalue weighted by Crippen LogP contribution is 2.27. The minimum Gasteiger partial charge on any atom is -0.338 e. The summed E-state index contributed by atoms with van der Waals surface area (Å²) >= 11 is 0. The Morgan fingerprint density at radius 2 is 2.00 bits per heavy atom. The molecular weight excluding hydrogens is 352 g/mol. The molecule has 7 nitrogen and oxygen atoms in total. The van der Waals surface area contributed by atoms with Crippen molar-refractivity contribution < 1.29 is 4.79 Å². The van der Waals surface area contributed by atoms with E-state index in [-0.39, 0.29) is 6.03 Å². The number of fused-ring (bicyclic) bond motifs is 1. The van der Waals surface area contributed by atoms with Crippen molar-refractivity contribution in [1.82, 2.24) is 29.7 Å². The number of aromatic nitrogens is 3. The summed E-state index contributed by atoms with van der Waals surface area (Å²) in [7, 11) is 0. The van der Waals surface area contributed by atoms with Crippen molar-refractivity contribution in [3.63, 3.8) is 0 Å². The predicted octanol–water partition coefficient (Wildman–Crippen LogP) is 2.60. The van der Waals surface area contributed by atoms with Crippen LogP contribution in [-0.2, 0) is 0 Å². The molecule has 0 saturated carbocycles. The highest BCUT2D eigenvalue weighted by atomic mass is 16.2. The summed E-state index contributed by atoms with van der Waals surface area (Å²) in [5.74, 6) is 2.67. The van der Waals surface area contributed by atoms with E-state index in [1.54, 1.807) is 0 Å². The van der Waals surface area contributed by atoms with Gasteiger partial charge in [-0.1, -0.05) is 19.9 Å². The van der Waals surface area contributed by atoms with E-state index in [4.69, 9.17) is 0 Å². The summed E-state index contributed by atoms with van der Waals surface area (Å²) in [5, 5.41) is 11.8. The molecule has 2 aliphatic heterocycles. The van der Waals surface area contributed by atoms with Crippen LogP contribution in [0.25, 0.3) is 5.65 Å². The van der Waals surface area contributed by atoms with Crippen LogP contribution in [0, 0.1) is 11.8 Å². The fourth-order valence-electron chi connectivity index (χ4n) is 4.58. The van der Waals surface area contributed by atoms with E-state index in [9.17, 15) is 4.79 Å². The van der Waals surface area contributed by atoms with Gasteiger partial charge in [0.25, 0.3) is 0 Å².